The topological polar surface area (TPSA) is 64.3 Å². The molecule has 1 aromatic rings. The molecule has 1 rings (SSSR count). The first-order valence-electron chi connectivity index (χ1n) is 6.51. The van der Waals surface area contributed by atoms with Crippen LogP contribution in [0.15, 0.2) is 18.2 Å². The van der Waals surface area contributed by atoms with E-state index in [1.54, 1.807) is 0 Å². The molecule has 0 bridgehead atoms. The Bertz CT molecular complexity index is 648. The highest BCUT2D eigenvalue weighted by atomic mass is 19.4. The summed E-state index contributed by atoms with van der Waals surface area (Å²) < 4.78 is 76.7. The van der Waals surface area contributed by atoms with Crippen LogP contribution >= 0.6 is 0 Å². The first kappa shape index (κ1) is 19.6. The number of carboxylic acid groups (broad SMARTS) is 1. The Morgan fingerprint density at radius 2 is 1.88 bits per heavy atom. The van der Waals surface area contributed by atoms with Crippen molar-refractivity contribution in [2.45, 2.75) is 19.3 Å². The lowest BCUT2D eigenvalue weighted by Crippen LogP contribution is -2.39. The summed E-state index contributed by atoms with van der Waals surface area (Å²) in [5.41, 5.74) is -2.58. The molecular weight excluding hydrogens is 342 g/mol. The number of rotatable bonds is 5. The second-order valence-corrected chi connectivity index (χ2v) is 5.07. The molecule has 1 atom stereocenters. The summed E-state index contributed by atoms with van der Waals surface area (Å²) in [5, 5.41) is 17.5. The molecule has 1 unspecified atom stereocenters. The molecule has 0 aliphatic heterocycles. The van der Waals surface area contributed by atoms with Crippen LogP contribution in [0.1, 0.15) is 18.1 Å². The Morgan fingerprint density at radius 1 is 1.29 bits per heavy atom. The number of halogens is 6. The molecule has 0 aliphatic rings. The summed E-state index contributed by atoms with van der Waals surface area (Å²) in [5.74, 6) is -2.62. The fourth-order valence-corrected chi connectivity index (χ4v) is 1.95. The maximum absolute atomic E-state index is 12.9. The van der Waals surface area contributed by atoms with Gasteiger partial charge in [0, 0.05) is 12.2 Å². The van der Waals surface area contributed by atoms with Gasteiger partial charge in [0.15, 0.2) is 0 Å². The van der Waals surface area contributed by atoms with Crippen LogP contribution in [0.2, 0.25) is 0 Å². The molecule has 0 aliphatic carbocycles. The molecule has 0 amide bonds. The number of nitriles is 1. The van der Waals surface area contributed by atoms with Gasteiger partial charge < -0.3 is 10.0 Å². The lowest BCUT2D eigenvalue weighted by atomic mass is 10.1. The van der Waals surface area contributed by atoms with E-state index in [4.69, 9.17) is 10.4 Å². The highest BCUT2D eigenvalue weighted by Gasteiger charge is 2.36. The zero-order chi connectivity index (χ0) is 18.7. The minimum atomic E-state index is -4.93. The van der Waals surface area contributed by atoms with Crippen LogP contribution in [-0.4, -0.2) is 30.3 Å². The van der Waals surface area contributed by atoms with Gasteiger partial charge in [-0.25, -0.2) is 0 Å². The van der Waals surface area contributed by atoms with E-state index in [2.05, 4.69) is 0 Å². The summed E-state index contributed by atoms with van der Waals surface area (Å²) in [6, 6.07) is 3.42. The number of hydrogen-bond donors (Lipinski definition) is 1. The van der Waals surface area contributed by atoms with E-state index in [9.17, 15) is 31.1 Å². The molecule has 0 radical (unpaired) electrons. The second kappa shape index (κ2) is 6.98. The van der Waals surface area contributed by atoms with Crippen molar-refractivity contribution >= 4 is 11.7 Å². The standard InChI is InChI=1S/C14H12F6N2O2/c1-8(12(23)24)6-22(7-13(15,16)17)10-3-2-9(5-21)11(4-10)14(18,19)20/h2-4,8H,6-7H2,1H3,(H,23,24). The van der Waals surface area contributed by atoms with Crippen LogP contribution in [0.25, 0.3) is 0 Å². The number of carboxylic acids is 1. The molecule has 0 aromatic heterocycles. The maximum atomic E-state index is 12.9. The van der Waals surface area contributed by atoms with Crippen molar-refractivity contribution in [2.75, 3.05) is 18.0 Å². The van der Waals surface area contributed by atoms with Crippen molar-refractivity contribution in [2.24, 2.45) is 5.92 Å². The number of benzene rings is 1. The van der Waals surface area contributed by atoms with Gasteiger partial charge in [-0.15, -0.1) is 0 Å². The van der Waals surface area contributed by atoms with Gasteiger partial charge in [0.2, 0.25) is 0 Å². The molecule has 0 fully saturated rings. The number of nitrogens with zero attached hydrogens (tertiary/aromatic N) is 2. The molecule has 132 valence electrons. The first-order valence-corrected chi connectivity index (χ1v) is 6.51. The van der Waals surface area contributed by atoms with Crippen molar-refractivity contribution < 1.29 is 36.2 Å². The minimum absolute atomic E-state index is 0.416. The third kappa shape index (κ3) is 5.33. The van der Waals surface area contributed by atoms with E-state index in [0.717, 1.165) is 19.1 Å². The SMILES string of the molecule is CC(CN(CC(F)(F)F)c1ccc(C#N)c(C(F)(F)F)c1)C(=O)O. The molecule has 0 heterocycles. The molecule has 1 aromatic carbocycles. The fourth-order valence-electron chi connectivity index (χ4n) is 1.95. The van der Waals surface area contributed by atoms with Gasteiger partial charge in [-0.2, -0.15) is 31.6 Å². The summed E-state index contributed by atoms with van der Waals surface area (Å²) in [7, 11) is 0. The highest BCUT2D eigenvalue weighted by molar-refractivity contribution is 5.70. The van der Waals surface area contributed by atoms with Gasteiger partial charge in [0.05, 0.1) is 23.1 Å². The van der Waals surface area contributed by atoms with Crippen LogP contribution in [0.4, 0.5) is 32.0 Å². The second-order valence-electron chi connectivity index (χ2n) is 5.07. The van der Waals surface area contributed by atoms with E-state index in [1.807, 2.05) is 0 Å². The quantitative estimate of drug-likeness (QED) is 0.820. The number of carbonyl (C=O) groups is 1. The van der Waals surface area contributed by atoms with Gasteiger partial charge in [-0.05, 0) is 18.2 Å². The van der Waals surface area contributed by atoms with Crippen molar-refractivity contribution in [1.29, 1.82) is 5.26 Å². The Morgan fingerprint density at radius 3 is 2.29 bits per heavy atom. The average molecular weight is 354 g/mol. The number of aliphatic carboxylic acids is 1. The molecular formula is C14H12F6N2O2. The third-order valence-electron chi connectivity index (χ3n) is 3.08. The van der Waals surface area contributed by atoms with Crippen LogP contribution in [0, 0.1) is 17.2 Å². The van der Waals surface area contributed by atoms with Crippen molar-refractivity contribution in [1.82, 2.24) is 0 Å². The molecule has 4 nitrogen and oxygen atoms in total. The summed E-state index contributed by atoms with van der Waals surface area (Å²) in [6.07, 6.45) is -9.67. The average Bonchev–Trinajstić information content (AvgIpc) is 2.43. The molecule has 0 spiro atoms. The number of hydrogen-bond acceptors (Lipinski definition) is 3. The molecule has 10 heteroatoms. The van der Waals surface area contributed by atoms with Crippen LogP contribution in [0.5, 0.6) is 0 Å². The normalized spacial score (nSPS) is 13.2. The monoisotopic (exact) mass is 354 g/mol. The largest absolute Gasteiger partial charge is 0.481 e. The Labute approximate surface area is 132 Å². The van der Waals surface area contributed by atoms with Gasteiger partial charge in [0.25, 0.3) is 0 Å². The smallest absolute Gasteiger partial charge is 0.417 e. The highest BCUT2D eigenvalue weighted by Crippen LogP contribution is 2.35. The first-order chi connectivity index (χ1) is 10.8. The van der Waals surface area contributed by atoms with Crippen LogP contribution in [0.3, 0.4) is 0 Å². The zero-order valence-corrected chi connectivity index (χ0v) is 12.2. The van der Waals surface area contributed by atoms with Gasteiger partial charge >= 0.3 is 18.3 Å². The molecule has 0 saturated heterocycles. The van der Waals surface area contributed by atoms with Crippen molar-refractivity contribution in [3.05, 3.63) is 29.3 Å². The van der Waals surface area contributed by atoms with Gasteiger partial charge in [-0.3, -0.25) is 4.79 Å². The number of alkyl halides is 6. The fraction of sp³-hybridized carbons (Fsp3) is 0.429. The van der Waals surface area contributed by atoms with E-state index in [-0.39, 0.29) is 0 Å². The van der Waals surface area contributed by atoms with E-state index >= 15 is 0 Å². The predicted molar refractivity (Wildman–Crippen MR) is 71.2 cm³/mol. The Balaban J connectivity index is 3.32. The van der Waals surface area contributed by atoms with E-state index < -0.39 is 54.1 Å². The van der Waals surface area contributed by atoms with Gasteiger partial charge in [-0.1, -0.05) is 6.92 Å². The maximum Gasteiger partial charge on any atom is 0.417 e. The van der Waals surface area contributed by atoms with E-state index in [1.165, 1.54) is 6.07 Å². The van der Waals surface area contributed by atoms with Crippen LogP contribution in [-0.2, 0) is 11.0 Å². The minimum Gasteiger partial charge on any atom is -0.481 e. The summed E-state index contributed by atoms with van der Waals surface area (Å²) in [6.45, 7) is -1.12. The van der Waals surface area contributed by atoms with Crippen LogP contribution < -0.4 is 4.90 Å². The van der Waals surface area contributed by atoms with Gasteiger partial charge in [0.1, 0.15) is 6.54 Å². The molecule has 24 heavy (non-hydrogen) atoms. The third-order valence-corrected chi connectivity index (χ3v) is 3.08. The Kier molecular flexibility index (Phi) is 5.71. The van der Waals surface area contributed by atoms with Crippen molar-refractivity contribution in [3.8, 4) is 6.07 Å². The lowest BCUT2D eigenvalue weighted by Gasteiger charge is -2.28. The van der Waals surface area contributed by atoms with Crippen molar-refractivity contribution in [3.63, 3.8) is 0 Å². The molecule has 0 saturated carbocycles. The summed E-state index contributed by atoms with van der Waals surface area (Å²) in [4.78, 5) is 11.3. The lowest BCUT2D eigenvalue weighted by molar-refractivity contribution is -0.141. The predicted octanol–water partition coefficient (Wildman–Crippen LogP) is 3.67. The number of anilines is 1. The zero-order valence-electron chi connectivity index (χ0n) is 12.2. The Hall–Kier alpha value is -2.44. The molecule has 1 N–H and O–H groups in total. The van der Waals surface area contributed by atoms with E-state index in [0.29, 0.717) is 11.0 Å². The summed E-state index contributed by atoms with van der Waals surface area (Å²) >= 11 is 0.